The third kappa shape index (κ3) is 4.30. The Morgan fingerprint density at radius 2 is 1.81 bits per heavy atom. The summed E-state index contributed by atoms with van der Waals surface area (Å²) in [6.07, 6.45) is 2.47. The lowest BCUT2D eigenvalue weighted by molar-refractivity contribution is 0.0697. The zero-order valence-electron chi connectivity index (χ0n) is 14.5. The van der Waals surface area contributed by atoms with Crippen molar-refractivity contribution >= 4 is 12.0 Å². The van der Waals surface area contributed by atoms with Crippen LogP contribution in [0, 0.1) is 11.6 Å². The molecule has 1 unspecified atom stereocenters. The van der Waals surface area contributed by atoms with Gasteiger partial charge in [0.1, 0.15) is 0 Å². The summed E-state index contributed by atoms with van der Waals surface area (Å²) in [6.45, 7) is 2.67. The maximum absolute atomic E-state index is 13.3. The summed E-state index contributed by atoms with van der Waals surface area (Å²) in [5.74, 6) is -2.41. The van der Waals surface area contributed by atoms with Gasteiger partial charge >= 0.3 is 6.09 Å². The first-order valence-electron chi connectivity index (χ1n) is 8.92. The number of halogens is 2. The van der Waals surface area contributed by atoms with Crippen LogP contribution in [0.2, 0.25) is 0 Å². The summed E-state index contributed by atoms with van der Waals surface area (Å²) in [4.78, 5) is 27.0. The number of nitrogens with zero attached hydrogens (tertiary/aromatic N) is 2. The van der Waals surface area contributed by atoms with E-state index in [4.69, 9.17) is 5.11 Å². The van der Waals surface area contributed by atoms with Crippen molar-refractivity contribution in [2.75, 3.05) is 26.2 Å². The van der Waals surface area contributed by atoms with Gasteiger partial charge in [-0.05, 0) is 50.4 Å². The lowest BCUT2D eigenvalue weighted by Crippen LogP contribution is -2.53. The topological polar surface area (TPSA) is 72.9 Å². The molecule has 1 atom stereocenters. The molecule has 2 aliphatic rings. The highest BCUT2D eigenvalue weighted by Gasteiger charge is 2.30. The number of hydrogen-bond acceptors (Lipinski definition) is 3. The van der Waals surface area contributed by atoms with Crippen molar-refractivity contribution in [3.05, 3.63) is 35.4 Å². The van der Waals surface area contributed by atoms with Gasteiger partial charge in [0, 0.05) is 37.3 Å². The van der Waals surface area contributed by atoms with Crippen molar-refractivity contribution in [3.8, 4) is 0 Å². The monoisotopic (exact) mass is 367 g/mol. The van der Waals surface area contributed by atoms with Crippen LogP contribution in [-0.4, -0.2) is 65.2 Å². The number of nitrogens with one attached hydrogen (secondary N) is 1. The molecule has 6 nitrogen and oxygen atoms in total. The summed E-state index contributed by atoms with van der Waals surface area (Å²) in [7, 11) is 0. The Bertz CT molecular complexity index is 678. The van der Waals surface area contributed by atoms with Crippen LogP contribution in [0.1, 0.15) is 36.0 Å². The van der Waals surface area contributed by atoms with E-state index in [0.29, 0.717) is 25.7 Å². The number of amides is 2. The highest BCUT2D eigenvalue weighted by molar-refractivity contribution is 5.94. The fourth-order valence-electron chi connectivity index (χ4n) is 3.78. The zero-order valence-corrected chi connectivity index (χ0v) is 14.5. The van der Waals surface area contributed by atoms with Gasteiger partial charge in [-0.25, -0.2) is 13.6 Å². The van der Waals surface area contributed by atoms with Gasteiger partial charge in [-0.1, -0.05) is 0 Å². The summed E-state index contributed by atoms with van der Waals surface area (Å²) < 4.78 is 26.3. The molecular weight excluding hydrogens is 344 g/mol. The van der Waals surface area contributed by atoms with E-state index in [-0.39, 0.29) is 11.6 Å². The predicted octanol–water partition coefficient (Wildman–Crippen LogP) is 2.30. The van der Waals surface area contributed by atoms with E-state index in [0.717, 1.165) is 44.4 Å². The number of hydrogen-bond donors (Lipinski definition) is 2. The average molecular weight is 367 g/mol. The number of benzene rings is 1. The van der Waals surface area contributed by atoms with Crippen molar-refractivity contribution in [1.29, 1.82) is 0 Å². The second kappa shape index (κ2) is 7.99. The molecule has 2 heterocycles. The van der Waals surface area contributed by atoms with Crippen LogP contribution in [0.15, 0.2) is 18.2 Å². The largest absolute Gasteiger partial charge is 0.465 e. The number of rotatable bonds is 3. The number of carbonyl (C=O) groups is 2. The van der Waals surface area contributed by atoms with E-state index in [1.165, 1.54) is 11.0 Å². The first-order chi connectivity index (χ1) is 12.4. The van der Waals surface area contributed by atoms with E-state index in [1.807, 2.05) is 0 Å². The molecule has 2 saturated heterocycles. The minimum Gasteiger partial charge on any atom is -0.465 e. The van der Waals surface area contributed by atoms with Gasteiger partial charge in [-0.3, -0.25) is 9.69 Å². The highest BCUT2D eigenvalue weighted by Crippen LogP contribution is 2.21. The van der Waals surface area contributed by atoms with Gasteiger partial charge in [0.2, 0.25) is 0 Å². The van der Waals surface area contributed by atoms with Gasteiger partial charge in [0.05, 0.1) is 0 Å². The van der Waals surface area contributed by atoms with E-state index < -0.39 is 23.6 Å². The van der Waals surface area contributed by atoms with Crippen LogP contribution >= 0.6 is 0 Å². The van der Waals surface area contributed by atoms with E-state index in [1.54, 1.807) is 0 Å². The summed E-state index contributed by atoms with van der Waals surface area (Å²) >= 11 is 0. The minimum atomic E-state index is -1.03. The fraction of sp³-hybridized carbons (Fsp3) is 0.556. The molecule has 2 fully saturated rings. The molecule has 2 amide bonds. The lowest BCUT2D eigenvalue weighted by Gasteiger charge is -2.41. The number of piperidine rings is 2. The Morgan fingerprint density at radius 3 is 2.46 bits per heavy atom. The molecule has 1 aromatic rings. The van der Waals surface area contributed by atoms with Gasteiger partial charge in [-0.15, -0.1) is 0 Å². The molecule has 0 bridgehead atoms. The normalized spacial score (nSPS) is 22.2. The van der Waals surface area contributed by atoms with E-state index >= 15 is 0 Å². The van der Waals surface area contributed by atoms with Crippen molar-refractivity contribution in [2.24, 2.45) is 0 Å². The average Bonchev–Trinajstić information content (AvgIpc) is 2.64. The van der Waals surface area contributed by atoms with Crippen molar-refractivity contribution in [1.82, 2.24) is 15.1 Å². The van der Waals surface area contributed by atoms with Crippen molar-refractivity contribution < 1.29 is 23.5 Å². The number of carbonyl (C=O) groups excluding carboxylic acids is 1. The molecule has 0 radical (unpaired) electrons. The fourth-order valence-corrected chi connectivity index (χ4v) is 3.78. The summed E-state index contributed by atoms with van der Waals surface area (Å²) in [5.41, 5.74) is 0.107. The molecule has 1 aromatic carbocycles. The lowest BCUT2D eigenvalue weighted by atomic mass is 9.98. The van der Waals surface area contributed by atoms with Crippen LogP contribution < -0.4 is 5.32 Å². The number of likely N-dealkylation sites (tertiary alicyclic amines) is 2. The smallest absolute Gasteiger partial charge is 0.407 e. The van der Waals surface area contributed by atoms with Crippen LogP contribution in [0.4, 0.5) is 13.6 Å². The molecular formula is C18H23F2N3O3. The molecule has 2 N–H and O–H groups in total. The van der Waals surface area contributed by atoms with Gasteiger partial charge in [0.25, 0.3) is 5.91 Å². The first kappa shape index (κ1) is 18.6. The maximum atomic E-state index is 13.3. The second-order valence-corrected chi connectivity index (χ2v) is 6.94. The van der Waals surface area contributed by atoms with Gasteiger partial charge in [-0.2, -0.15) is 0 Å². The molecule has 0 spiro atoms. The molecule has 0 aliphatic carbocycles. The van der Waals surface area contributed by atoms with E-state index in [9.17, 15) is 18.4 Å². The molecule has 142 valence electrons. The maximum Gasteiger partial charge on any atom is 0.407 e. The Kier molecular flexibility index (Phi) is 5.70. The Hall–Kier alpha value is -2.22. The molecule has 8 heteroatoms. The summed E-state index contributed by atoms with van der Waals surface area (Å²) in [5, 5.41) is 11.9. The first-order valence-corrected chi connectivity index (χ1v) is 8.92. The Morgan fingerprint density at radius 1 is 1.08 bits per heavy atom. The number of carboxylic acid groups (broad SMARTS) is 1. The third-order valence-corrected chi connectivity index (χ3v) is 5.22. The summed E-state index contributed by atoms with van der Waals surface area (Å²) in [6, 6.07) is 3.40. The molecule has 0 saturated carbocycles. The van der Waals surface area contributed by atoms with E-state index in [2.05, 4.69) is 10.2 Å². The Balaban J connectivity index is 1.54. The zero-order chi connectivity index (χ0) is 18.7. The second-order valence-electron chi connectivity index (χ2n) is 6.94. The quantitative estimate of drug-likeness (QED) is 0.860. The predicted molar refractivity (Wildman–Crippen MR) is 91.0 cm³/mol. The Labute approximate surface area is 150 Å². The third-order valence-electron chi connectivity index (χ3n) is 5.22. The highest BCUT2D eigenvalue weighted by atomic mass is 19.2. The van der Waals surface area contributed by atoms with Gasteiger partial charge in [0.15, 0.2) is 11.6 Å². The molecule has 0 aromatic heterocycles. The molecule has 2 aliphatic heterocycles. The van der Waals surface area contributed by atoms with Crippen LogP contribution in [0.3, 0.4) is 0 Å². The standard InChI is InChI=1S/C18H23F2N3O3/c19-15-4-3-12(10-16(15)20)17(24)21-13-2-1-7-23(11-13)14-5-8-22(9-6-14)18(25)26/h3-4,10,13-14H,1-2,5-9,11H2,(H,21,24)(H,25,26). The van der Waals surface area contributed by atoms with Crippen LogP contribution in [-0.2, 0) is 0 Å². The van der Waals surface area contributed by atoms with Crippen LogP contribution in [0.25, 0.3) is 0 Å². The van der Waals surface area contributed by atoms with Gasteiger partial charge < -0.3 is 15.3 Å². The molecule has 3 rings (SSSR count). The SMILES string of the molecule is O=C(NC1CCCN(C2CCN(C(=O)O)CC2)C1)c1ccc(F)c(F)c1. The van der Waals surface area contributed by atoms with Crippen LogP contribution in [0.5, 0.6) is 0 Å². The minimum absolute atomic E-state index is 0.0538. The van der Waals surface area contributed by atoms with Crippen molar-refractivity contribution in [2.45, 2.75) is 37.8 Å². The van der Waals surface area contributed by atoms with Crippen molar-refractivity contribution in [3.63, 3.8) is 0 Å². The molecule has 26 heavy (non-hydrogen) atoms.